The SMILES string of the molecule is COCCCNc1nc(N)nc(OC)n1. The molecular formula is C8H15N5O2. The molecule has 0 aliphatic heterocycles. The van der Waals surface area contributed by atoms with Gasteiger partial charge in [-0.3, -0.25) is 0 Å². The molecule has 1 heterocycles. The van der Waals surface area contributed by atoms with Gasteiger partial charge in [-0.15, -0.1) is 0 Å². The minimum atomic E-state index is 0.135. The van der Waals surface area contributed by atoms with Gasteiger partial charge in [0, 0.05) is 20.3 Å². The van der Waals surface area contributed by atoms with Crippen LogP contribution >= 0.6 is 0 Å². The van der Waals surface area contributed by atoms with Crippen molar-refractivity contribution in [3.8, 4) is 6.01 Å². The third kappa shape index (κ3) is 3.94. The molecule has 0 aliphatic carbocycles. The number of hydrogen-bond donors (Lipinski definition) is 2. The highest BCUT2D eigenvalue weighted by atomic mass is 16.5. The molecule has 0 saturated heterocycles. The fraction of sp³-hybridized carbons (Fsp3) is 0.625. The summed E-state index contributed by atoms with van der Waals surface area (Å²) in [5.41, 5.74) is 5.46. The first-order chi connectivity index (χ1) is 7.26. The van der Waals surface area contributed by atoms with Crippen molar-refractivity contribution in [2.45, 2.75) is 6.42 Å². The maximum absolute atomic E-state index is 5.46. The van der Waals surface area contributed by atoms with Gasteiger partial charge < -0.3 is 20.5 Å². The van der Waals surface area contributed by atoms with Crippen molar-refractivity contribution < 1.29 is 9.47 Å². The van der Waals surface area contributed by atoms with Crippen LogP contribution in [0.3, 0.4) is 0 Å². The van der Waals surface area contributed by atoms with Crippen LogP contribution in [0, 0.1) is 0 Å². The Hall–Kier alpha value is -1.63. The lowest BCUT2D eigenvalue weighted by atomic mass is 10.4. The Labute approximate surface area is 88.0 Å². The molecule has 0 fully saturated rings. The lowest BCUT2D eigenvalue weighted by Crippen LogP contribution is -2.10. The number of nitrogens with two attached hydrogens (primary N) is 1. The third-order valence-electron chi connectivity index (χ3n) is 1.62. The van der Waals surface area contributed by atoms with E-state index >= 15 is 0 Å². The van der Waals surface area contributed by atoms with Gasteiger partial charge in [0.1, 0.15) is 0 Å². The summed E-state index contributed by atoms with van der Waals surface area (Å²) in [6, 6.07) is 0.205. The fourth-order valence-corrected chi connectivity index (χ4v) is 0.959. The van der Waals surface area contributed by atoms with E-state index in [4.69, 9.17) is 15.2 Å². The summed E-state index contributed by atoms with van der Waals surface area (Å²) in [6.45, 7) is 1.39. The number of nitrogen functional groups attached to an aromatic ring is 1. The van der Waals surface area contributed by atoms with Crippen molar-refractivity contribution in [1.82, 2.24) is 15.0 Å². The van der Waals surface area contributed by atoms with Gasteiger partial charge >= 0.3 is 6.01 Å². The maximum atomic E-state index is 5.46. The van der Waals surface area contributed by atoms with E-state index in [2.05, 4.69) is 20.3 Å². The second kappa shape index (κ2) is 5.97. The summed E-state index contributed by atoms with van der Waals surface area (Å²) in [5, 5.41) is 2.99. The Morgan fingerprint density at radius 2 is 2.07 bits per heavy atom. The van der Waals surface area contributed by atoms with Gasteiger partial charge in [0.05, 0.1) is 7.11 Å². The summed E-state index contributed by atoms with van der Waals surface area (Å²) in [5.74, 6) is 0.548. The minimum Gasteiger partial charge on any atom is -0.467 e. The van der Waals surface area contributed by atoms with E-state index in [-0.39, 0.29) is 12.0 Å². The number of anilines is 2. The number of rotatable bonds is 6. The molecule has 0 unspecified atom stereocenters. The first kappa shape index (κ1) is 11.4. The van der Waals surface area contributed by atoms with Gasteiger partial charge in [-0.1, -0.05) is 0 Å². The van der Waals surface area contributed by atoms with Crippen LogP contribution in [0.5, 0.6) is 6.01 Å². The van der Waals surface area contributed by atoms with E-state index in [0.717, 1.165) is 6.42 Å². The molecule has 1 aromatic rings. The van der Waals surface area contributed by atoms with E-state index in [9.17, 15) is 0 Å². The normalized spacial score (nSPS) is 10.0. The van der Waals surface area contributed by atoms with Crippen molar-refractivity contribution >= 4 is 11.9 Å². The monoisotopic (exact) mass is 213 g/mol. The van der Waals surface area contributed by atoms with Gasteiger partial charge in [-0.05, 0) is 6.42 Å². The summed E-state index contributed by atoms with van der Waals surface area (Å²) in [7, 11) is 3.13. The standard InChI is InChI=1S/C8H15N5O2/c1-14-5-3-4-10-7-11-6(9)12-8(13-7)15-2/h3-5H2,1-2H3,(H3,9,10,11,12,13). The van der Waals surface area contributed by atoms with Crippen LogP contribution in [-0.2, 0) is 4.74 Å². The molecule has 7 nitrogen and oxygen atoms in total. The second-order valence-corrected chi connectivity index (χ2v) is 2.78. The van der Waals surface area contributed by atoms with Crippen molar-refractivity contribution in [1.29, 1.82) is 0 Å². The highest BCUT2D eigenvalue weighted by molar-refractivity contribution is 5.32. The van der Waals surface area contributed by atoms with Crippen LogP contribution in [0.4, 0.5) is 11.9 Å². The number of hydrogen-bond acceptors (Lipinski definition) is 7. The summed E-state index contributed by atoms with van der Waals surface area (Å²) >= 11 is 0. The van der Waals surface area contributed by atoms with Crippen LogP contribution in [-0.4, -0.2) is 42.3 Å². The highest BCUT2D eigenvalue weighted by Crippen LogP contribution is 2.07. The zero-order chi connectivity index (χ0) is 11.1. The first-order valence-corrected chi connectivity index (χ1v) is 4.54. The van der Waals surface area contributed by atoms with Crippen molar-refractivity contribution in [2.24, 2.45) is 0 Å². The van der Waals surface area contributed by atoms with Gasteiger partial charge in [-0.2, -0.15) is 15.0 Å². The summed E-state index contributed by atoms with van der Waals surface area (Å²) in [6.07, 6.45) is 0.865. The zero-order valence-electron chi connectivity index (χ0n) is 8.86. The zero-order valence-corrected chi connectivity index (χ0v) is 8.86. The number of nitrogens with one attached hydrogen (secondary N) is 1. The third-order valence-corrected chi connectivity index (χ3v) is 1.62. The molecule has 0 saturated carbocycles. The summed E-state index contributed by atoms with van der Waals surface area (Å²) in [4.78, 5) is 11.6. The molecule has 0 aliphatic rings. The van der Waals surface area contributed by atoms with E-state index in [1.807, 2.05) is 0 Å². The molecule has 1 aromatic heterocycles. The highest BCUT2D eigenvalue weighted by Gasteiger charge is 2.02. The molecule has 0 aromatic carbocycles. The second-order valence-electron chi connectivity index (χ2n) is 2.78. The van der Waals surface area contributed by atoms with Gasteiger partial charge in [0.2, 0.25) is 11.9 Å². The van der Waals surface area contributed by atoms with E-state index < -0.39 is 0 Å². The van der Waals surface area contributed by atoms with Crippen molar-refractivity contribution in [2.75, 3.05) is 38.4 Å². The Kier molecular flexibility index (Phi) is 4.55. The summed E-state index contributed by atoms with van der Waals surface area (Å²) < 4.78 is 9.76. The molecule has 84 valence electrons. The largest absolute Gasteiger partial charge is 0.467 e. The van der Waals surface area contributed by atoms with Crippen molar-refractivity contribution in [3.05, 3.63) is 0 Å². The average Bonchev–Trinajstić information content (AvgIpc) is 2.23. The Morgan fingerprint density at radius 1 is 1.27 bits per heavy atom. The molecule has 3 N–H and O–H groups in total. The lowest BCUT2D eigenvalue weighted by Gasteiger charge is -2.05. The maximum Gasteiger partial charge on any atom is 0.322 e. The van der Waals surface area contributed by atoms with Crippen LogP contribution < -0.4 is 15.8 Å². The average molecular weight is 213 g/mol. The number of ether oxygens (including phenoxy) is 2. The molecule has 0 bridgehead atoms. The van der Waals surface area contributed by atoms with E-state index in [1.54, 1.807) is 7.11 Å². The molecule has 1 rings (SSSR count). The predicted molar refractivity (Wildman–Crippen MR) is 55.8 cm³/mol. The smallest absolute Gasteiger partial charge is 0.322 e. The van der Waals surface area contributed by atoms with Crippen LogP contribution in [0.1, 0.15) is 6.42 Å². The Bertz CT molecular complexity index is 307. The molecule has 0 radical (unpaired) electrons. The number of nitrogens with zero attached hydrogens (tertiary/aromatic N) is 3. The quantitative estimate of drug-likeness (QED) is 0.637. The van der Waals surface area contributed by atoms with Crippen LogP contribution in [0.15, 0.2) is 0 Å². The molecule has 0 spiro atoms. The number of methoxy groups -OCH3 is 2. The molecule has 7 heteroatoms. The molecule has 15 heavy (non-hydrogen) atoms. The molecular weight excluding hydrogens is 198 g/mol. The molecule has 0 atom stereocenters. The van der Waals surface area contributed by atoms with E-state index in [1.165, 1.54) is 7.11 Å². The fourth-order valence-electron chi connectivity index (χ4n) is 0.959. The van der Waals surface area contributed by atoms with Gasteiger partial charge in [-0.25, -0.2) is 0 Å². The number of aromatic nitrogens is 3. The Balaban J connectivity index is 2.49. The minimum absolute atomic E-state index is 0.135. The van der Waals surface area contributed by atoms with E-state index in [0.29, 0.717) is 19.1 Å². The van der Waals surface area contributed by atoms with Gasteiger partial charge in [0.15, 0.2) is 0 Å². The molecule has 0 amide bonds. The Morgan fingerprint density at radius 3 is 2.73 bits per heavy atom. The predicted octanol–water partition coefficient (Wildman–Crippen LogP) is -0.0892. The first-order valence-electron chi connectivity index (χ1n) is 4.54. The lowest BCUT2D eigenvalue weighted by molar-refractivity contribution is 0.197. The van der Waals surface area contributed by atoms with Crippen molar-refractivity contribution in [3.63, 3.8) is 0 Å². The van der Waals surface area contributed by atoms with Gasteiger partial charge in [0.25, 0.3) is 0 Å². The van der Waals surface area contributed by atoms with Crippen LogP contribution in [0.2, 0.25) is 0 Å². The topological polar surface area (TPSA) is 95.2 Å². The van der Waals surface area contributed by atoms with Crippen LogP contribution in [0.25, 0.3) is 0 Å².